The molecule has 0 spiro atoms. The second-order valence-electron chi connectivity index (χ2n) is 2.80. The van der Waals surface area contributed by atoms with Crippen molar-refractivity contribution in [3.8, 4) is 0 Å². The third-order valence-corrected chi connectivity index (χ3v) is 4.48. The van der Waals surface area contributed by atoms with Crippen LogP contribution in [0.1, 0.15) is 10.4 Å². The van der Waals surface area contributed by atoms with E-state index in [0.29, 0.717) is 11.3 Å². The van der Waals surface area contributed by atoms with Crippen LogP contribution in [-0.2, 0) is 0 Å². The van der Waals surface area contributed by atoms with Gasteiger partial charge in [-0.25, -0.2) is 4.79 Å². The highest BCUT2D eigenvalue weighted by atomic mass is 127. The Morgan fingerprint density at radius 1 is 1.50 bits per heavy atom. The SMILES string of the molecule is Nc1ccc2c(C(=O)O)csc2c1I. The predicted octanol–water partition coefficient (Wildman–Crippen LogP) is 2.79. The van der Waals surface area contributed by atoms with Gasteiger partial charge < -0.3 is 10.8 Å². The van der Waals surface area contributed by atoms with E-state index >= 15 is 0 Å². The fourth-order valence-corrected chi connectivity index (χ4v) is 3.09. The van der Waals surface area contributed by atoms with Crippen LogP contribution in [0.5, 0.6) is 0 Å². The van der Waals surface area contributed by atoms with Crippen molar-refractivity contribution in [1.82, 2.24) is 0 Å². The van der Waals surface area contributed by atoms with Gasteiger partial charge in [-0.2, -0.15) is 0 Å². The highest BCUT2D eigenvalue weighted by molar-refractivity contribution is 14.1. The van der Waals surface area contributed by atoms with Crippen LogP contribution in [0.2, 0.25) is 0 Å². The summed E-state index contributed by atoms with van der Waals surface area (Å²) in [6, 6.07) is 3.50. The molecular formula is C9H6INO2S. The van der Waals surface area contributed by atoms with E-state index in [1.165, 1.54) is 11.3 Å². The Balaban J connectivity index is 2.83. The number of halogens is 1. The topological polar surface area (TPSA) is 63.3 Å². The molecule has 0 aliphatic carbocycles. The molecule has 0 aliphatic heterocycles. The van der Waals surface area contributed by atoms with Gasteiger partial charge in [-0.1, -0.05) is 6.07 Å². The summed E-state index contributed by atoms with van der Waals surface area (Å²) in [7, 11) is 0. The number of thiophene rings is 1. The van der Waals surface area contributed by atoms with E-state index in [-0.39, 0.29) is 0 Å². The maximum Gasteiger partial charge on any atom is 0.337 e. The van der Waals surface area contributed by atoms with Crippen molar-refractivity contribution < 1.29 is 9.90 Å². The van der Waals surface area contributed by atoms with Crippen LogP contribution < -0.4 is 5.73 Å². The van der Waals surface area contributed by atoms with E-state index in [1.807, 2.05) is 0 Å². The monoisotopic (exact) mass is 319 g/mol. The van der Waals surface area contributed by atoms with Gasteiger partial charge in [-0.15, -0.1) is 11.3 Å². The largest absolute Gasteiger partial charge is 0.478 e. The highest BCUT2D eigenvalue weighted by Gasteiger charge is 2.13. The quantitative estimate of drug-likeness (QED) is 0.627. The van der Waals surface area contributed by atoms with Crippen LogP contribution in [0.15, 0.2) is 17.5 Å². The van der Waals surface area contributed by atoms with Crippen molar-refractivity contribution in [2.24, 2.45) is 0 Å². The predicted molar refractivity (Wildman–Crippen MR) is 65.9 cm³/mol. The third kappa shape index (κ3) is 1.36. The number of anilines is 1. The number of rotatable bonds is 1. The van der Waals surface area contributed by atoms with Gasteiger partial charge in [0.1, 0.15) is 0 Å². The number of benzene rings is 1. The Hall–Kier alpha value is -0.820. The molecule has 0 amide bonds. The van der Waals surface area contributed by atoms with Crippen LogP contribution in [0.25, 0.3) is 10.1 Å². The Morgan fingerprint density at radius 2 is 2.21 bits per heavy atom. The Kier molecular flexibility index (Phi) is 2.36. The summed E-state index contributed by atoms with van der Waals surface area (Å²) in [5.74, 6) is -0.892. The zero-order chi connectivity index (χ0) is 10.3. The minimum Gasteiger partial charge on any atom is -0.478 e. The van der Waals surface area contributed by atoms with E-state index < -0.39 is 5.97 Å². The average molecular weight is 319 g/mol. The fourth-order valence-electron chi connectivity index (χ4n) is 1.25. The molecule has 0 atom stereocenters. The smallest absolute Gasteiger partial charge is 0.337 e. The molecule has 2 rings (SSSR count). The number of nitrogen functional groups attached to an aromatic ring is 1. The second kappa shape index (κ2) is 3.39. The first-order valence-electron chi connectivity index (χ1n) is 3.79. The molecule has 0 bridgehead atoms. The maximum atomic E-state index is 10.8. The minimum absolute atomic E-state index is 0.350. The lowest BCUT2D eigenvalue weighted by Crippen LogP contribution is -1.94. The Morgan fingerprint density at radius 3 is 2.86 bits per heavy atom. The maximum absolute atomic E-state index is 10.8. The van der Waals surface area contributed by atoms with Gasteiger partial charge in [-0.3, -0.25) is 0 Å². The number of hydrogen-bond acceptors (Lipinski definition) is 3. The summed E-state index contributed by atoms with van der Waals surface area (Å²) in [4.78, 5) is 10.8. The molecule has 2 aromatic rings. The van der Waals surface area contributed by atoms with Crippen LogP contribution in [0, 0.1) is 3.57 Å². The molecule has 0 fully saturated rings. The number of carbonyl (C=O) groups is 1. The molecule has 0 radical (unpaired) electrons. The van der Waals surface area contributed by atoms with E-state index in [9.17, 15) is 4.79 Å². The molecule has 0 aliphatic rings. The van der Waals surface area contributed by atoms with Gasteiger partial charge in [0.25, 0.3) is 0 Å². The molecule has 3 nitrogen and oxygen atoms in total. The first-order chi connectivity index (χ1) is 6.61. The van der Waals surface area contributed by atoms with Crippen LogP contribution in [0.3, 0.4) is 0 Å². The van der Waals surface area contributed by atoms with Crippen LogP contribution in [0.4, 0.5) is 5.69 Å². The van der Waals surface area contributed by atoms with Crippen molar-refractivity contribution in [2.45, 2.75) is 0 Å². The first-order valence-corrected chi connectivity index (χ1v) is 5.75. The van der Waals surface area contributed by atoms with Gasteiger partial charge in [0.2, 0.25) is 0 Å². The lowest BCUT2D eigenvalue weighted by atomic mass is 10.2. The fraction of sp³-hybridized carbons (Fsp3) is 0. The molecule has 0 saturated heterocycles. The summed E-state index contributed by atoms with van der Waals surface area (Å²) < 4.78 is 1.88. The van der Waals surface area contributed by atoms with Crippen molar-refractivity contribution in [3.63, 3.8) is 0 Å². The molecule has 14 heavy (non-hydrogen) atoms. The summed E-state index contributed by atoms with van der Waals surface area (Å²) in [6.45, 7) is 0. The van der Waals surface area contributed by atoms with Crippen LogP contribution >= 0.6 is 33.9 Å². The highest BCUT2D eigenvalue weighted by Crippen LogP contribution is 2.33. The number of carboxylic acid groups (broad SMARTS) is 1. The Labute approximate surface area is 97.7 Å². The van der Waals surface area contributed by atoms with E-state index in [2.05, 4.69) is 22.6 Å². The van der Waals surface area contributed by atoms with Crippen LogP contribution in [-0.4, -0.2) is 11.1 Å². The van der Waals surface area contributed by atoms with Crippen molar-refractivity contribution >= 4 is 55.7 Å². The molecule has 1 aromatic carbocycles. The number of hydrogen-bond donors (Lipinski definition) is 2. The van der Waals surface area contributed by atoms with Gasteiger partial charge in [-0.05, 0) is 28.7 Å². The van der Waals surface area contributed by atoms with Gasteiger partial charge in [0, 0.05) is 16.5 Å². The summed E-state index contributed by atoms with van der Waals surface area (Å²) in [5.41, 5.74) is 6.76. The average Bonchev–Trinajstić information content (AvgIpc) is 2.55. The molecular weight excluding hydrogens is 313 g/mol. The third-order valence-electron chi connectivity index (χ3n) is 1.94. The summed E-state index contributed by atoms with van der Waals surface area (Å²) >= 11 is 3.55. The number of fused-ring (bicyclic) bond motifs is 1. The summed E-state index contributed by atoms with van der Waals surface area (Å²) in [6.07, 6.45) is 0. The van der Waals surface area contributed by atoms with E-state index in [4.69, 9.17) is 10.8 Å². The Bertz CT molecular complexity index is 521. The zero-order valence-corrected chi connectivity index (χ0v) is 9.93. The normalized spacial score (nSPS) is 10.6. The zero-order valence-electron chi connectivity index (χ0n) is 6.95. The van der Waals surface area contributed by atoms with Crippen molar-refractivity contribution in [1.29, 1.82) is 0 Å². The van der Waals surface area contributed by atoms with E-state index in [1.54, 1.807) is 17.5 Å². The van der Waals surface area contributed by atoms with Gasteiger partial charge in [0.15, 0.2) is 0 Å². The number of carboxylic acids is 1. The minimum atomic E-state index is -0.892. The summed E-state index contributed by atoms with van der Waals surface area (Å²) in [5, 5.41) is 11.3. The number of aromatic carboxylic acids is 1. The molecule has 0 saturated carbocycles. The lowest BCUT2D eigenvalue weighted by Gasteiger charge is -1.99. The molecule has 5 heteroatoms. The first kappa shape index (κ1) is 9.72. The molecule has 1 aromatic heterocycles. The second-order valence-corrected chi connectivity index (χ2v) is 4.76. The molecule has 0 unspecified atom stereocenters. The molecule has 72 valence electrons. The van der Waals surface area contributed by atoms with Crippen molar-refractivity contribution in [3.05, 3.63) is 26.6 Å². The standard InChI is InChI=1S/C9H6INO2S/c10-7-6(11)2-1-4-5(9(12)13)3-14-8(4)7/h1-3H,11H2,(H,12,13). The molecule has 3 N–H and O–H groups in total. The van der Waals surface area contributed by atoms with Gasteiger partial charge >= 0.3 is 5.97 Å². The number of nitrogens with two attached hydrogens (primary N) is 1. The van der Waals surface area contributed by atoms with E-state index in [0.717, 1.165) is 13.7 Å². The lowest BCUT2D eigenvalue weighted by molar-refractivity contribution is 0.0699. The van der Waals surface area contributed by atoms with Gasteiger partial charge in [0.05, 0.1) is 13.8 Å². The van der Waals surface area contributed by atoms with Crippen molar-refractivity contribution in [2.75, 3.05) is 5.73 Å². The molecule has 1 heterocycles.